The number of urea groups is 1. The number of hydrogen-bond acceptors (Lipinski definition) is 6. The molecule has 1 aromatic carbocycles. The highest BCUT2D eigenvalue weighted by molar-refractivity contribution is 5.97. The molecular formula is C17H20N4O5. The Morgan fingerprint density at radius 2 is 1.88 bits per heavy atom. The minimum Gasteiger partial charge on any atom is -0.451 e. The zero-order valence-corrected chi connectivity index (χ0v) is 14.7. The predicted octanol–water partition coefficient (Wildman–Crippen LogP) is 0.562. The van der Waals surface area contributed by atoms with Gasteiger partial charge >= 0.3 is 12.0 Å². The van der Waals surface area contributed by atoms with Gasteiger partial charge < -0.3 is 10.1 Å². The zero-order valence-electron chi connectivity index (χ0n) is 14.7. The van der Waals surface area contributed by atoms with Crippen LogP contribution >= 0.6 is 0 Å². The molecule has 0 unspecified atom stereocenters. The van der Waals surface area contributed by atoms with Crippen LogP contribution in [0.4, 0.5) is 4.79 Å². The second kappa shape index (κ2) is 8.24. The van der Waals surface area contributed by atoms with Crippen molar-refractivity contribution in [2.75, 3.05) is 0 Å². The average Bonchev–Trinajstić information content (AvgIpc) is 2.56. The summed E-state index contributed by atoms with van der Waals surface area (Å²) in [6.07, 6.45) is 0.0526. The van der Waals surface area contributed by atoms with Gasteiger partial charge in [0.2, 0.25) is 0 Å². The lowest BCUT2D eigenvalue weighted by molar-refractivity contribution is -0.155. The number of nitrogens with zero attached hydrogens (tertiary/aromatic N) is 2. The van der Waals surface area contributed by atoms with E-state index in [9.17, 15) is 19.2 Å². The average molecular weight is 360 g/mol. The van der Waals surface area contributed by atoms with E-state index >= 15 is 0 Å². The van der Waals surface area contributed by atoms with Crippen LogP contribution in [0, 0.1) is 0 Å². The van der Waals surface area contributed by atoms with Crippen LogP contribution in [0.2, 0.25) is 0 Å². The minimum atomic E-state index is -1.19. The summed E-state index contributed by atoms with van der Waals surface area (Å²) in [6, 6.07) is 5.92. The van der Waals surface area contributed by atoms with Gasteiger partial charge in [0.1, 0.15) is 6.54 Å². The number of imide groups is 1. The number of nitrogens with one attached hydrogen (secondary N) is 2. The van der Waals surface area contributed by atoms with Crippen molar-refractivity contribution in [2.24, 2.45) is 0 Å². The smallest absolute Gasteiger partial charge is 0.326 e. The van der Waals surface area contributed by atoms with Crippen LogP contribution in [0.15, 0.2) is 35.4 Å². The Balaban J connectivity index is 1.98. The van der Waals surface area contributed by atoms with Crippen molar-refractivity contribution < 1.29 is 19.1 Å². The molecule has 0 aliphatic heterocycles. The Hall–Kier alpha value is -3.23. The summed E-state index contributed by atoms with van der Waals surface area (Å²) in [5, 5.41) is 4.92. The summed E-state index contributed by atoms with van der Waals surface area (Å²) in [7, 11) is 0. The van der Waals surface area contributed by atoms with Crippen LogP contribution in [-0.4, -0.2) is 39.6 Å². The van der Waals surface area contributed by atoms with Crippen LogP contribution < -0.4 is 16.2 Å². The highest BCUT2D eigenvalue weighted by Gasteiger charge is 2.20. The standard InChI is InChI=1S/C17H20N4O5/c1-10(2)19-17(25)20-15(23)11(3)26-14(22)8-21-9-18-13-7-5-4-6-12(13)16(21)24/h4-7,9-11H,8H2,1-3H3,(H2,19,20,23,25)/t11-/m1/s1. The Kier molecular flexibility index (Phi) is 6.05. The molecule has 1 heterocycles. The Morgan fingerprint density at radius 3 is 2.58 bits per heavy atom. The van der Waals surface area contributed by atoms with Gasteiger partial charge in [-0.2, -0.15) is 0 Å². The van der Waals surface area contributed by atoms with E-state index in [1.165, 1.54) is 13.3 Å². The number of para-hydroxylation sites is 1. The van der Waals surface area contributed by atoms with Crippen LogP contribution in [0.3, 0.4) is 0 Å². The molecule has 0 radical (unpaired) electrons. The van der Waals surface area contributed by atoms with Crippen molar-refractivity contribution in [1.82, 2.24) is 20.2 Å². The Labute approximate surface area is 149 Å². The van der Waals surface area contributed by atoms with Gasteiger partial charge in [0, 0.05) is 6.04 Å². The number of amides is 3. The van der Waals surface area contributed by atoms with E-state index in [1.807, 2.05) is 0 Å². The van der Waals surface area contributed by atoms with Gasteiger partial charge in [-0.1, -0.05) is 12.1 Å². The molecule has 0 aliphatic carbocycles. The molecule has 1 aromatic heterocycles. The molecule has 0 saturated heterocycles. The summed E-state index contributed by atoms with van der Waals surface area (Å²) < 4.78 is 6.07. The molecule has 0 bridgehead atoms. The maximum Gasteiger partial charge on any atom is 0.326 e. The van der Waals surface area contributed by atoms with E-state index in [2.05, 4.69) is 15.6 Å². The molecule has 2 N–H and O–H groups in total. The van der Waals surface area contributed by atoms with E-state index in [4.69, 9.17) is 4.74 Å². The molecule has 3 amide bonds. The SMILES string of the molecule is CC(C)NC(=O)NC(=O)[C@@H](C)OC(=O)Cn1cnc2ccccc2c1=O. The van der Waals surface area contributed by atoms with Gasteiger partial charge in [-0.3, -0.25) is 24.3 Å². The third kappa shape index (κ3) is 4.88. The van der Waals surface area contributed by atoms with Gasteiger partial charge in [0.15, 0.2) is 6.10 Å². The third-order valence-corrected chi connectivity index (χ3v) is 3.36. The van der Waals surface area contributed by atoms with Crippen LogP contribution in [0.1, 0.15) is 20.8 Å². The fraction of sp³-hybridized carbons (Fsp3) is 0.353. The van der Waals surface area contributed by atoms with Crippen LogP contribution in [0.5, 0.6) is 0 Å². The summed E-state index contributed by atoms with van der Waals surface area (Å²) in [5.74, 6) is -1.56. The van der Waals surface area contributed by atoms with E-state index in [0.29, 0.717) is 10.9 Å². The lowest BCUT2D eigenvalue weighted by Gasteiger charge is -2.14. The number of aromatic nitrogens is 2. The first-order chi connectivity index (χ1) is 12.3. The molecule has 0 fully saturated rings. The summed E-state index contributed by atoms with van der Waals surface area (Å²) >= 11 is 0. The summed E-state index contributed by atoms with van der Waals surface area (Å²) in [6.45, 7) is 4.41. The second-order valence-electron chi connectivity index (χ2n) is 5.94. The van der Waals surface area contributed by atoms with E-state index in [-0.39, 0.29) is 11.6 Å². The van der Waals surface area contributed by atoms with E-state index in [0.717, 1.165) is 4.57 Å². The van der Waals surface area contributed by atoms with E-state index < -0.39 is 30.6 Å². The number of fused-ring (bicyclic) bond motifs is 1. The second-order valence-corrected chi connectivity index (χ2v) is 5.94. The first-order valence-corrected chi connectivity index (χ1v) is 8.03. The summed E-state index contributed by atoms with van der Waals surface area (Å²) in [4.78, 5) is 51.7. The number of carbonyl (C=O) groups is 3. The lowest BCUT2D eigenvalue weighted by Crippen LogP contribution is -2.46. The van der Waals surface area contributed by atoms with Crippen molar-refractivity contribution in [2.45, 2.75) is 39.5 Å². The normalized spacial score (nSPS) is 11.8. The van der Waals surface area contributed by atoms with Crippen molar-refractivity contribution in [3.8, 4) is 0 Å². The molecule has 2 aromatic rings. The Morgan fingerprint density at radius 1 is 1.19 bits per heavy atom. The zero-order chi connectivity index (χ0) is 19.3. The number of benzene rings is 1. The van der Waals surface area contributed by atoms with Gasteiger partial charge in [0.05, 0.1) is 17.2 Å². The topological polar surface area (TPSA) is 119 Å². The van der Waals surface area contributed by atoms with Gasteiger partial charge in [-0.05, 0) is 32.9 Å². The minimum absolute atomic E-state index is 0.145. The monoisotopic (exact) mass is 360 g/mol. The lowest BCUT2D eigenvalue weighted by atomic mass is 10.2. The van der Waals surface area contributed by atoms with E-state index in [1.54, 1.807) is 38.1 Å². The maximum absolute atomic E-state index is 12.3. The molecule has 9 nitrogen and oxygen atoms in total. The fourth-order valence-corrected chi connectivity index (χ4v) is 2.16. The number of esters is 1. The van der Waals surface area contributed by atoms with Gasteiger partial charge in [-0.15, -0.1) is 0 Å². The molecule has 2 rings (SSSR count). The third-order valence-electron chi connectivity index (χ3n) is 3.36. The highest BCUT2D eigenvalue weighted by Crippen LogP contribution is 2.04. The predicted molar refractivity (Wildman–Crippen MR) is 93.4 cm³/mol. The number of hydrogen-bond donors (Lipinski definition) is 2. The first-order valence-electron chi connectivity index (χ1n) is 8.03. The molecule has 26 heavy (non-hydrogen) atoms. The number of carbonyl (C=O) groups excluding carboxylic acids is 3. The Bertz CT molecular complexity index is 890. The van der Waals surface area contributed by atoms with Gasteiger partial charge in [0.25, 0.3) is 11.5 Å². The van der Waals surface area contributed by atoms with Crippen molar-refractivity contribution in [3.63, 3.8) is 0 Å². The first kappa shape index (κ1) is 19.1. The van der Waals surface area contributed by atoms with Crippen LogP contribution in [0.25, 0.3) is 10.9 Å². The van der Waals surface area contributed by atoms with Crippen molar-refractivity contribution in [3.05, 3.63) is 40.9 Å². The molecular weight excluding hydrogens is 340 g/mol. The molecule has 1 atom stereocenters. The fourth-order valence-electron chi connectivity index (χ4n) is 2.16. The number of ether oxygens (including phenoxy) is 1. The number of rotatable bonds is 5. The van der Waals surface area contributed by atoms with Gasteiger partial charge in [-0.25, -0.2) is 9.78 Å². The molecule has 0 saturated carbocycles. The largest absolute Gasteiger partial charge is 0.451 e. The summed E-state index contributed by atoms with van der Waals surface area (Å²) in [5.41, 5.74) is 0.131. The van der Waals surface area contributed by atoms with Crippen molar-refractivity contribution in [1.29, 1.82) is 0 Å². The van der Waals surface area contributed by atoms with Crippen molar-refractivity contribution >= 4 is 28.8 Å². The highest BCUT2D eigenvalue weighted by atomic mass is 16.5. The van der Waals surface area contributed by atoms with Crippen LogP contribution in [-0.2, 0) is 20.9 Å². The molecule has 9 heteroatoms. The molecule has 138 valence electrons. The molecule has 0 aliphatic rings. The molecule has 0 spiro atoms. The quantitative estimate of drug-likeness (QED) is 0.752. The maximum atomic E-state index is 12.3.